The van der Waals surface area contributed by atoms with Crippen molar-refractivity contribution in [2.45, 2.75) is 45.1 Å². The Morgan fingerprint density at radius 1 is 1.00 bits per heavy atom. The lowest BCUT2D eigenvalue weighted by Crippen LogP contribution is -2.45. The number of hydrogen-bond acceptors (Lipinski definition) is 4. The summed E-state index contributed by atoms with van der Waals surface area (Å²) < 4.78 is 2.79. The molecule has 0 unspecified atom stereocenters. The molecule has 1 aromatic carbocycles. The van der Waals surface area contributed by atoms with E-state index in [0.29, 0.717) is 16.4 Å². The van der Waals surface area contributed by atoms with Gasteiger partial charge >= 0.3 is 5.91 Å². The zero-order valence-electron chi connectivity index (χ0n) is 18.5. The van der Waals surface area contributed by atoms with Gasteiger partial charge in [0.2, 0.25) is 0 Å². The van der Waals surface area contributed by atoms with E-state index in [2.05, 4.69) is 5.10 Å². The zero-order valence-corrected chi connectivity index (χ0v) is 20.0. The summed E-state index contributed by atoms with van der Waals surface area (Å²) in [5.74, 6) is -1.33. The number of carbonyl (C=O) groups excluding carboxylic acids is 2. The van der Waals surface area contributed by atoms with Gasteiger partial charge in [-0.05, 0) is 43.8 Å². The van der Waals surface area contributed by atoms with Gasteiger partial charge in [-0.15, -0.1) is 0 Å². The van der Waals surface area contributed by atoms with Crippen molar-refractivity contribution in [3.63, 3.8) is 0 Å². The average molecular weight is 497 g/mol. The number of pyridine rings is 1. The van der Waals surface area contributed by atoms with Crippen molar-refractivity contribution >= 4 is 46.3 Å². The molecule has 0 radical (unpaired) electrons. The third-order valence-electron chi connectivity index (χ3n) is 6.42. The van der Waals surface area contributed by atoms with E-state index in [1.165, 1.54) is 9.58 Å². The van der Waals surface area contributed by atoms with Gasteiger partial charge in [-0.25, -0.2) is 4.68 Å². The van der Waals surface area contributed by atoms with Gasteiger partial charge in [0.25, 0.3) is 11.6 Å². The Balaban J connectivity index is 1.69. The largest absolute Gasteiger partial charge is 0.858 e. The van der Waals surface area contributed by atoms with E-state index < -0.39 is 11.8 Å². The normalized spacial score (nSPS) is 17.2. The smallest absolute Gasteiger partial charge is 0.327 e. The maximum atomic E-state index is 13.8. The summed E-state index contributed by atoms with van der Waals surface area (Å²) in [6.45, 7) is 1.66. The van der Waals surface area contributed by atoms with Crippen molar-refractivity contribution in [2.24, 2.45) is 0 Å². The van der Waals surface area contributed by atoms with Gasteiger partial charge in [-0.3, -0.25) is 14.5 Å². The lowest BCUT2D eigenvalue weighted by atomic mass is 9.94. The Labute approximate surface area is 206 Å². The average Bonchev–Trinajstić information content (AvgIpc) is 3.27. The molecule has 1 fully saturated rings. The van der Waals surface area contributed by atoms with Crippen LogP contribution in [0, 0.1) is 6.92 Å². The van der Waals surface area contributed by atoms with E-state index in [9.17, 15) is 14.7 Å². The number of halogens is 2. The molecule has 0 spiro atoms. The summed E-state index contributed by atoms with van der Waals surface area (Å²) >= 11 is 12.2. The number of amides is 2. The number of aryl methyl sites for hydroxylation is 1. The first-order chi connectivity index (χ1) is 16.4. The van der Waals surface area contributed by atoms with Crippen LogP contribution in [0.15, 0.2) is 48.8 Å². The van der Waals surface area contributed by atoms with Crippen molar-refractivity contribution in [3.05, 3.63) is 70.1 Å². The monoisotopic (exact) mass is 496 g/mol. The summed E-state index contributed by atoms with van der Waals surface area (Å²) in [6, 6.07) is 9.94. The van der Waals surface area contributed by atoms with Crippen molar-refractivity contribution in [1.29, 1.82) is 0 Å². The molecule has 1 saturated carbocycles. The molecule has 9 heteroatoms. The quantitative estimate of drug-likeness (QED) is 0.404. The van der Waals surface area contributed by atoms with E-state index in [0.717, 1.165) is 32.1 Å². The van der Waals surface area contributed by atoms with Crippen LogP contribution in [0.5, 0.6) is 5.88 Å². The van der Waals surface area contributed by atoms with Crippen LogP contribution in [-0.4, -0.2) is 32.5 Å². The molecule has 1 aliphatic heterocycles. The first kappa shape index (κ1) is 22.6. The van der Waals surface area contributed by atoms with Crippen LogP contribution in [0.1, 0.15) is 43.4 Å². The van der Waals surface area contributed by atoms with Crippen LogP contribution >= 0.6 is 23.2 Å². The number of nitrogens with zero attached hydrogens (tertiary/aromatic N) is 4. The zero-order chi connectivity index (χ0) is 24.0. The fourth-order valence-electron chi connectivity index (χ4n) is 4.80. The predicted molar refractivity (Wildman–Crippen MR) is 126 cm³/mol. The maximum Gasteiger partial charge on any atom is 0.327 e. The molecule has 1 aliphatic carbocycles. The van der Waals surface area contributed by atoms with E-state index in [4.69, 9.17) is 23.2 Å². The number of imide groups is 1. The number of hydrogen-bond donors (Lipinski definition) is 0. The molecule has 2 aromatic heterocycles. The van der Waals surface area contributed by atoms with Crippen LogP contribution in [0.2, 0.25) is 10.0 Å². The fourth-order valence-corrected chi connectivity index (χ4v) is 5.10. The first-order valence-corrected chi connectivity index (χ1v) is 12.0. The van der Waals surface area contributed by atoms with Crippen molar-refractivity contribution in [2.75, 3.05) is 0 Å². The molecule has 5 rings (SSSR count). The Bertz CT molecular complexity index is 1330. The molecule has 2 amide bonds. The second kappa shape index (κ2) is 8.89. The molecule has 3 aromatic rings. The van der Waals surface area contributed by atoms with Crippen molar-refractivity contribution < 1.29 is 19.3 Å². The maximum absolute atomic E-state index is 13.8. The molecule has 3 heterocycles. The Morgan fingerprint density at radius 3 is 2.38 bits per heavy atom. The standard InChI is InChI=1S/C25H22Cl2N4O3/c1-15-20(24(33)31(28-15)17-10-11-18(26)19(27)14-17)21-22(29-12-6-3-7-13-29)25(34)30(23(21)32)16-8-4-2-5-9-16/h3,6-7,10-14,16H,2,4-5,8-9H2,1H3. The van der Waals surface area contributed by atoms with Crippen LogP contribution in [0.4, 0.5) is 0 Å². The van der Waals surface area contributed by atoms with Gasteiger partial charge in [0.1, 0.15) is 5.57 Å². The summed E-state index contributed by atoms with van der Waals surface area (Å²) in [5.41, 5.74) is 1.15. The third kappa shape index (κ3) is 3.69. The van der Waals surface area contributed by atoms with Crippen LogP contribution in [0.3, 0.4) is 0 Å². The highest BCUT2D eigenvalue weighted by Gasteiger charge is 2.49. The van der Waals surface area contributed by atoms with Crippen LogP contribution in [0.25, 0.3) is 17.0 Å². The Morgan fingerprint density at radius 2 is 1.71 bits per heavy atom. The number of benzene rings is 1. The van der Waals surface area contributed by atoms with Crippen molar-refractivity contribution in [1.82, 2.24) is 14.7 Å². The predicted octanol–water partition coefficient (Wildman–Crippen LogP) is 3.92. The van der Waals surface area contributed by atoms with Gasteiger partial charge in [0, 0.05) is 23.7 Å². The summed E-state index contributed by atoms with van der Waals surface area (Å²) in [4.78, 5) is 28.8. The van der Waals surface area contributed by atoms with Crippen LogP contribution < -0.4 is 9.67 Å². The molecule has 0 N–H and O–H groups in total. The van der Waals surface area contributed by atoms with Gasteiger partial charge in [0.15, 0.2) is 12.4 Å². The first-order valence-electron chi connectivity index (χ1n) is 11.2. The topological polar surface area (TPSA) is 82.1 Å². The van der Waals surface area contributed by atoms with E-state index in [1.54, 1.807) is 54.2 Å². The summed E-state index contributed by atoms with van der Waals surface area (Å²) in [7, 11) is 0. The highest BCUT2D eigenvalue weighted by atomic mass is 35.5. The SMILES string of the molecule is Cc1nn(-c2ccc(Cl)c(Cl)c2)c([O-])c1C1=C([n+]2ccccc2)C(=O)N(C2CCCCC2)C1=O. The minimum absolute atomic E-state index is 0.0839. The number of carbonyl (C=O) groups is 2. The summed E-state index contributed by atoms with van der Waals surface area (Å²) in [6.07, 6.45) is 7.96. The summed E-state index contributed by atoms with van der Waals surface area (Å²) in [5, 5.41) is 18.6. The number of aromatic nitrogens is 3. The van der Waals surface area contributed by atoms with E-state index >= 15 is 0 Å². The molecule has 0 saturated heterocycles. The van der Waals surface area contributed by atoms with Crippen LogP contribution in [-0.2, 0) is 9.59 Å². The van der Waals surface area contributed by atoms with E-state index in [-0.39, 0.29) is 33.8 Å². The minimum atomic E-state index is -0.494. The molecular formula is C25H22Cl2N4O3. The lowest BCUT2D eigenvalue weighted by Gasteiger charge is -2.29. The fraction of sp³-hybridized carbons (Fsp3) is 0.280. The van der Waals surface area contributed by atoms with E-state index in [1.807, 2.05) is 6.07 Å². The highest BCUT2D eigenvalue weighted by Crippen LogP contribution is 2.39. The lowest BCUT2D eigenvalue weighted by molar-refractivity contribution is -0.576. The Kier molecular flexibility index (Phi) is 5.91. The van der Waals surface area contributed by atoms with Crippen molar-refractivity contribution in [3.8, 4) is 11.6 Å². The molecule has 0 bridgehead atoms. The van der Waals surface area contributed by atoms with Gasteiger partial charge < -0.3 is 5.11 Å². The molecule has 0 atom stereocenters. The highest BCUT2D eigenvalue weighted by molar-refractivity contribution is 6.45. The second-order valence-electron chi connectivity index (χ2n) is 8.55. The molecular weight excluding hydrogens is 475 g/mol. The second-order valence-corrected chi connectivity index (χ2v) is 9.37. The van der Waals surface area contributed by atoms with Gasteiger partial charge in [-0.2, -0.15) is 9.67 Å². The molecule has 174 valence electrons. The van der Waals surface area contributed by atoms with Gasteiger partial charge in [0.05, 0.1) is 21.4 Å². The minimum Gasteiger partial charge on any atom is -0.858 e. The third-order valence-corrected chi connectivity index (χ3v) is 7.16. The molecule has 7 nitrogen and oxygen atoms in total. The molecule has 34 heavy (non-hydrogen) atoms. The molecule has 2 aliphatic rings. The van der Waals surface area contributed by atoms with Gasteiger partial charge in [-0.1, -0.05) is 48.5 Å². The Hall–Kier alpha value is -3.16. The number of rotatable bonds is 4.